The van der Waals surface area contributed by atoms with Gasteiger partial charge in [0.2, 0.25) is 17.7 Å². The van der Waals surface area contributed by atoms with Crippen LogP contribution >= 0.6 is 0 Å². The Hall–Kier alpha value is -3.07. The van der Waals surface area contributed by atoms with Gasteiger partial charge in [-0.15, -0.1) is 0 Å². The minimum Gasteiger partial charge on any atom is -0.330 e. The Labute approximate surface area is 148 Å². The molecule has 0 radical (unpaired) electrons. The van der Waals surface area contributed by atoms with Crippen molar-refractivity contribution in [1.29, 1.82) is 0 Å². The van der Waals surface area contributed by atoms with Crippen LogP contribution in [0, 0.1) is 6.92 Å². The van der Waals surface area contributed by atoms with Crippen LogP contribution in [-0.4, -0.2) is 33.8 Å². The van der Waals surface area contributed by atoms with Crippen LogP contribution in [0.25, 0.3) is 10.9 Å². The normalized spacial score (nSPS) is 17.2. The molecule has 1 fully saturated rings. The third-order valence-corrected chi connectivity index (χ3v) is 4.27. The fourth-order valence-corrected chi connectivity index (χ4v) is 3.07. The molecule has 9 heteroatoms. The number of piperidine rings is 1. The standard InChI is InChI=1S/C17H19N5O4/c1-9-19-15-10(3-2-4-11(15)20-14(24)7-8-18)17(26)22(9)12-5-6-13(23)21-16(12)25/h2-4,12H,5-8,18H2,1H3,(H,20,24)(H,21,23,25). The summed E-state index contributed by atoms with van der Waals surface area (Å²) in [6.45, 7) is 1.83. The number of anilines is 1. The number of rotatable bonds is 4. The van der Waals surface area contributed by atoms with Crippen LogP contribution in [-0.2, 0) is 14.4 Å². The van der Waals surface area contributed by atoms with Gasteiger partial charge in [0.1, 0.15) is 17.4 Å². The quantitative estimate of drug-likeness (QED) is 0.657. The summed E-state index contributed by atoms with van der Waals surface area (Å²) in [7, 11) is 0. The average Bonchev–Trinajstić information content (AvgIpc) is 2.58. The van der Waals surface area contributed by atoms with E-state index >= 15 is 0 Å². The van der Waals surface area contributed by atoms with Gasteiger partial charge >= 0.3 is 0 Å². The Kier molecular flexibility index (Phi) is 4.81. The van der Waals surface area contributed by atoms with Crippen molar-refractivity contribution in [3.05, 3.63) is 34.4 Å². The Morgan fingerprint density at radius 2 is 2.15 bits per heavy atom. The predicted molar refractivity (Wildman–Crippen MR) is 94.5 cm³/mol. The van der Waals surface area contributed by atoms with E-state index in [1.54, 1.807) is 25.1 Å². The van der Waals surface area contributed by atoms with E-state index in [1.165, 1.54) is 4.57 Å². The highest BCUT2D eigenvalue weighted by molar-refractivity contribution is 6.01. The van der Waals surface area contributed by atoms with Crippen molar-refractivity contribution < 1.29 is 14.4 Å². The molecule has 1 unspecified atom stereocenters. The summed E-state index contributed by atoms with van der Waals surface area (Å²) >= 11 is 0. The molecule has 1 atom stereocenters. The van der Waals surface area contributed by atoms with Gasteiger partial charge in [-0.25, -0.2) is 4.98 Å². The number of aromatic nitrogens is 2. The number of fused-ring (bicyclic) bond motifs is 1. The largest absolute Gasteiger partial charge is 0.330 e. The van der Waals surface area contributed by atoms with Crippen LogP contribution in [0.3, 0.4) is 0 Å². The predicted octanol–water partition coefficient (Wildman–Crippen LogP) is -0.0301. The molecular formula is C17H19N5O4. The summed E-state index contributed by atoms with van der Waals surface area (Å²) in [6, 6.07) is 4.09. The van der Waals surface area contributed by atoms with E-state index in [9.17, 15) is 19.2 Å². The van der Waals surface area contributed by atoms with Crippen LogP contribution in [0.2, 0.25) is 0 Å². The minimum atomic E-state index is -0.785. The zero-order valence-electron chi connectivity index (χ0n) is 14.2. The van der Waals surface area contributed by atoms with Gasteiger partial charge in [0.15, 0.2) is 0 Å². The monoisotopic (exact) mass is 357 g/mol. The van der Waals surface area contributed by atoms with Gasteiger partial charge in [-0.3, -0.25) is 29.1 Å². The molecule has 2 aromatic rings. The Bertz CT molecular complexity index is 966. The van der Waals surface area contributed by atoms with Crippen molar-refractivity contribution in [2.45, 2.75) is 32.2 Å². The highest BCUT2D eigenvalue weighted by atomic mass is 16.2. The maximum Gasteiger partial charge on any atom is 0.262 e. The van der Waals surface area contributed by atoms with E-state index in [1.807, 2.05) is 0 Å². The van der Waals surface area contributed by atoms with Gasteiger partial charge in [0.05, 0.1) is 11.1 Å². The van der Waals surface area contributed by atoms with Gasteiger partial charge in [0.25, 0.3) is 5.56 Å². The molecule has 136 valence electrons. The van der Waals surface area contributed by atoms with Gasteiger partial charge in [0, 0.05) is 19.4 Å². The second kappa shape index (κ2) is 7.04. The van der Waals surface area contributed by atoms with Crippen molar-refractivity contribution in [2.75, 3.05) is 11.9 Å². The molecule has 0 aliphatic carbocycles. The zero-order chi connectivity index (χ0) is 18.8. The lowest BCUT2D eigenvalue weighted by atomic mass is 10.1. The summed E-state index contributed by atoms with van der Waals surface area (Å²) in [4.78, 5) is 52.7. The molecule has 4 N–H and O–H groups in total. The third kappa shape index (κ3) is 3.21. The number of carbonyl (C=O) groups is 3. The van der Waals surface area contributed by atoms with Crippen LogP contribution < -0.4 is 21.9 Å². The Morgan fingerprint density at radius 1 is 1.38 bits per heavy atom. The molecule has 1 aliphatic heterocycles. The summed E-state index contributed by atoms with van der Waals surface area (Å²) in [5.74, 6) is -0.804. The topological polar surface area (TPSA) is 136 Å². The van der Waals surface area contributed by atoms with E-state index in [0.29, 0.717) is 17.0 Å². The molecule has 1 saturated heterocycles. The highest BCUT2D eigenvalue weighted by Gasteiger charge is 2.30. The first kappa shape index (κ1) is 17.7. The van der Waals surface area contributed by atoms with Crippen LogP contribution in [0.5, 0.6) is 0 Å². The fraction of sp³-hybridized carbons (Fsp3) is 0.353. The number of benzene rings is 1. The first-order valence-corrected chi connectivity index (χ1v) is 8.28. The maximum atomic E-state index is 13.0. The average molecular weight is 357 g/mol. The lowest BCUT2D eigenvalue weighted by Gasteiger charge is -2.24. The SMILES string of the molecule is Cc1nc2c(NC(=O)CCN)cccc2c(=O)n1C1CCC(=O)NC1=O. The molecule has 9 nitrogen and oxygen atoms in total. The molecule has 3 amide bonds. The number of para-hydroxylation sites is 1. The van der Waals surface area contributed by atoms with Gasteiger partial charge < -0.3 is 11.1 Å². The summed E-state index contributed by atoms with van der Waals surface area (Å²) < 4.78 is 1.30. The number of nitrogens with one attached hydrogen (secondary N) is 2. The van der Waals surface area contributed by atoms with Crippen molar-refractivity contribution in [3.63, 3.8) is 0 Å². The number of nitrogens with zero attached hydrogens (tertiary/aromatic N) is 2. The van der Waals surface area contributed by atoms with Gasteiger partial charge in [-0.2, -0.15) is 0 Å². The lowest BCUT2D eigenvalue weighted by molar-refractivity contribution is -0.135. The number of aryl methyl sites for hydroxylation is 1. The maximum absolute atomic E-state index is 13.0. The zero-order valence-corrected chi connectivity index (χ0v) is 14.2. The second-order valence-electron chi connectivity index (χ2n) is 6.09. The van der Waals surface area contributed by atoms with Crippen LogP contribution in [0.4, 0.5) is 5.69 Å². The van der Waals surface area contributed by atoms with Crippen LogP contribution in [0.15, 0.2) is 23.0 Å². The van der Waals surface area contributed by atoms with E-state index in [4.69, 9.17) is 5.73 Å². The summed E-state index contributed by atoms with van der Waals surface area (Å²) in [5, 5.41) is 5.23. The molecule has 1 aliphatic rings. The number of amides is 3. The van der Waals surface area contributed by atoms with Gasteiger partial charge in [-0.1, -0.05) is 6.07 Å². The Morgan fingerprint density at radius 3 is 2.85 bits per heavy atom. The third-order valence-electron chi connectivity index (χ3n) is 4.27. The molecule has 1 aromatic heterocycles. The lowest BCUT2D eigenvalue weighted by Crippen LogP contribution is -2.45. The smallest absolute Gasteiger partial charge is 0.262 e. The van der Waals surface area contributed by atoms with E-state index < -0.39 is 17.5 Å². The van der Waals surface area contributed by atoms with E-state index in [2.05, 4.69) is 15.6 Å². The number of hydrogen-bond acceptors (Lipinski definition) is 6. The molecule has 0 bridgehead atoms. The molecular weight excluding hydrogens is 338 g/mol. The second-order valence-corrected chi connectivity index (χ2v) is 6.09. The number of nitrogens with two attached hydrogens (primary N) is 1. The molecule has 0 saturated carbocycles. The van der Waals surface area contributed by atoms with Crippen molar-refractivity contribution >= 4 is 34.3 Å². The molecule has 2 heterocycles. The van der Waals surface area contributed by atoms with Gasteiger partial charge in [-0.05, 0) is 25.5 Å². The summed E-state index contributed by atoms with van der Waals surface area (Å²) in [5.41, 5.74) is 5.75. The molecule has 0 spiro atoms. The molecule has 3 rings (SSSR count). The Balaban J connectivity index is 2.09. The fourth-order valence-electron chi connectivity index (χ4n) is 3.07. The van der Waals surface area contributed by atoms with Crippen LogP contribution in [0.1, 0.15) is 31.1 Å². The molecule has 1 aromatic carbocycles. The highest BCUT2D eigenvalue weighted by Crippen LogP contribution is 2.23. The molecule has 26 heavy (non-hydrogen) atoms. The van der Waals surface area contributed by atoms with E-state index in [0.717, 1.165) is 0 Å². The number of carbonyl (C=O) groups excluding carboxylic acids is 3. The van der Waals surface area contributed by atoms with Crippen molar-refractivity contribution in [2.24, 2.45) is 5.73 Å². The van der Waals surface area contributed by atoms with Crippen molar-refractivity contribution in [3.8, 4) is 0 Å². The summed E-state index contributed by atoms with van der Waals surface area (Å²) in [6.07, 6.45) is 0.559. The first-order chi connectivity index (χ1) is 12.4. The first-order valence-electron chi connectivity index (χ1n) is 8.28. The van der Waals surface area contributed by atoms with Crippen molar-refractivity contribution in [1.82, 2.24) is 14.9 Å². The van der Waals surface area contributed by atoms with E-state index in [-0.39, 0.29) is 43.0 Å². The number of imide groups is 1. The number of hydrogen-bond donors (Lipinski definition) is 3. The minimum absolute atomic E-state index is 0.155.